The van der Waals surface area contributed by atoms with Crippen molar-refractivity contribution in [3.63, 3.8) is 0 Å². The minimum atomic E-state index is -0.362. The van der Waals surface area contributed by atoms with E-state index >= 15 is 0 Å². The van der Waals surface area contributed by atoms with E-state index in [0.717, 1.165) is 10.9 Å². The van der Waals surface area contributed by atoms with Gasteiger partial charge in [-0.25, -0.2) is 0 Å². The SMILES string of the molecule is Cc1cc(CCC(=O)NCCC(C)O)ccc1Br. The highest BCUT2D eigenvalue weighted by atomic mass is 79.9. The zero-order chi connectivity index (χ0) is 13.5. The second-order valence-corrected chi connectivity index (χ2v) is 5.43. The van der Waals surface area contributed by atoms with E-state index in [4.69, 9.17) is 5.11 Å². The summed E-state index contributed by atoms with van der Waals surface area (Å²) in [6, 6.07) is 6.13. The first-order valence-corrected chi connectivity index (χ1v) is 6.98. The van der Waals surface area contributed by atoms with Crippen LogP contribution in [0.4, 0.5) is 0 Å². The first kappa shape index (κ1) is 15.2. The Bertz CT molecular complexity index is 405. The maximum atomic E-state index is 11.5. The van der Waals surface area contributed by atoms with E-state index in [-0.39, 0.29) is 12.0 Å². The van der Waals surface area contributed by atoms with Crippen LogP contribution >= 0.6 is 15.9 Å². The van der Waals surface area contributed by atoms with E-state index in [9.17, 15) is 4.79 Å². The Morgan fingerprint density at radius 3 is 2.83 bits per heavy atom. The molecule has 1 unspecified atom stereocenters. The molecule has 0 saturated carbocycles. The summed E-state index contributed by atoms with van der Waals surface area (Å²) < 4.78 is 1.09. The number of halogens is 1. The number of benzene rings is 1. The number of hydrogen-bond donors (Lipinski definition) is 2. The summed E-state index contributed by atoms with van der Waals surface area (Å²) in [5.41, 5.74) is 2.35. The molecule has 1 aromatic carbocycles. The quantitative estimate of drug-likeness (QED) is 0.848. The Morgan fingerprint density at radius 1 is 1.50 bits per heavy atom. The Kier molecular flexibility index (Phi) is 6.36. The zero-order valence-corrected chi connectivity index (χ0v) is 12.5. The standard InChI is InChI=1S/C14H20BrNO2/c1-10-9-12(3-5-13(10)15)4-6-14(18)16-8-7-11(2)17/h3,5,9,11,17H,4,6-8H2,1-2H3,(H,16,18). The first-order valence-electron chi connectivity index (χ1n) is 6.19. The summed E-state index contributed by atoms with van der Waals surface area (Å²) in [7, 11) is 0. The topological polar surface area (TPSA) is 49.3 Å². The monoisotopic (exact) mass is 313 g/mol. The third-order valence-corrected chi connectivity index (χ3v) is 3.64. The van der Waals surface area contributed by atoms with Crippen molar-refractivity contribution in [1.29, 1.82) is 0 Å². The molecule has 0 radical (unpaired) electrons. The van der Waals surface area contributed by atoms with Crippen LogP contribution in [0.1, 0.15) is 30.9 Å². The maximum Gasteiger partial charge on any atom is 0.220 e. The van der Waals surface area contributed by atoms with E-state index in [1.165, 1.54) is 11.1 Å². The number of aryl methyl sites for hydroxylation is 2. The van der Waals surface area contributed by atoms with Gasteiger partial charge < -0.3 is 10.4 Å². The molecule has 1 aromatic rings. The molecule has 1 rings (SSSR count). The summed E-state index contributed by atoms with van der Waals surface area (Å²) in [5, 5.41) is 11.9. The van der Waals surface area contributed by atoms with Crippen molar-refractivity contribution in [2.75, 3.05) is 6.54 Å². The summed E-state index contributed by atoms with van der Waals surface area (Å²) in [6.07, 6.45) is 1.47. The lowest BCUT2D eigenvalue weighted by Gasteiger charge is -2.07. The number of aliphatic hydroxyl groups is 1. The summed E-state index contributed by atoms with van der Waals surface area (Å²) in [4.78, 5) is 11.5. The number of nitrogens with one attached hydrogen (secondary N) is 1. The van der Waals surface area contributed by atoms with Gasteiger partial charge in [-0.05, 0) is 43.9 Å². The van der Waals surface area contributed by atoms with Crippen molar-refractivity contribution < 1.29 is 9.90 Å². The second kappa shape index (κ2) is 7.54. The molecule has 0 spiro atoms. The Labute approximate surface area is 117 Å². The van der Waals surface area contributed by atoms with Crippen molar-refractivity contribution in [3.05, 3.63) is 33.8 Å². The highest BCUT2D eigenvalue weighted by Crippen LogP contribution is 2.17. The minimum Gasteiger partial charge on any atom is -0.393 e. The molecular weight excluding hydrogens is 294 g/mol. The van der Waals surface area contributed by atoms with Gasteiger partial charge in [0.25, 0.3) is 0 Å². The molecule has 0 heterocycles. The van der Waals surface area contributed by atoms with E-state index in [2.05, 4.69) is 27.3 Å². The average molecular weight is 314 g/mol. The van der Waals surface area contributed by atoms with Crippen LogP contribution in [0, 0.1) is 6.92 Å². The Morgan fingerprint density at radius 2 is 2.22 bits per heavy atom. The van der Waals surface area contributed by atoms with Gasteiger partial charge in [-0.15, -0.1) is 0 Å². The third kappa shape index (κ3) is 5.65. The fraction of sp³-hybridized carbons (Fsp3) is 0.500. The number of rotatable bonds is 6. The van der Waals surface area contributed by atoms with E-state index in [1.807, 2.05) is 19.1 Å². The lowest BCUT2D eigenvalue weighted by molar-refractivity contribution is -0.121. The Balaban J connectivity index is 2.31. The van der Waals surface area contributed by atoms with Crippen molar-refractivity contribution in [2.24, 2.45) is 0 Å². The minimum absolute atomic E-state index is 0.0382. The number of carbonyl (C=O) groups is 1. The highest BCUT2D eigenvalue weighted by Gasteiger charge is 2.04. The molecule has 0 bridgehead atoms. The van der Waals surface area contributed by atoms with Crippen molar-refractivity contribution in [3.8, 4) is 0 Å². The molecule has 0 aliphatic carbocycles. The molecule has 3 nitrogen and oxygen atoms in total. The van der Waals surface area contributed by atoms with Gasteiger partial charge in [0.2, 0.25) is 5.91 Å². The number of hydrogen-bond acceptors (Lipinski definition) is 2. The van der Waals surface area contributed by atoms with Gasteiger partial charge in [-0.3, -0.25) is 4.79 Å². The molecule has 0 aromatic heterocycles. The molecular formula is C14H20BrNO2. The summed E-state index contributed by atoms with van der Waals surface area (Å²) >= 11 is 3.45. The number of aliphatic hydroxyl groups excluding tert-OH is 1. The first-order chi connectivity index (χ1) is 8.49. The molecule has 0 saturated heterocycles. The van der Waals surface area contributed by atoms with Crippen LogP contribution in [0.5, 0.6) is 0 Å². The Hall–Kier alpha value is -0.870. The van der Waals surface area contributed by atoms with Crippen LogP contribution < -0.4 is 5.32 Å². The van der Waals surface area contributed by atoms with Gasteiger partial charge >= 0.3 is 0 Å². The number of carbonyl (C=O) groups excluding carboxylic acids is 1. The molecule has 1 atom stereocenters. The van der Waals surface area contributed by atoms with E-state index in [0.29, 0.717) is 19.4 Å². The smallest absolute Gasteiger partial charge is 0.220 e. The van der Waals surface area contributed by atoms with E-state index in [1.54, 1.807) is 6.92 Å². The van der Waals surface area contributed by atoms with Gasteiger partial charge in [0, 0.05) is 17.4 Å². The van der Waals surface area contributed by atoms with Crippen LogP contribution in [0.25, 0.3) is 0 Å². The van der Waals surface area contributed by atoms with Gasteiger partial charge in [-0.2, -0.15) is 0 Å². The summed E-state index contributed by atoms with van der Waals surface area (Å²) in [5.74, 6) is 0.0382. The molecule has 4 heteroatoms. The molecule has 0 aliphatic heterocycles. The maximum absolute atomic E-state index is 11.5. The van der Waals surface area contributed by atoms with Crippen LogP contribution in [0.15, 0.2) is 22.7 Å². The van der Waals surface area contributed by atoms with Gasteiger partial charge in [0.15, 0.2) is 0 Å². The fourth-order valence-electron chi connectivity index (χ4n) is 1.63. The molecule has 0 fully saturated rings. The molecule has 1 amide bonds. The van der Waals surface area contributed by atoms with Gasteiger partial charge in [0.1, 0.15) is 0 Å². The molecule has 18 heavy (non-hydrogen) atoms. The van der Waals surface area contributed by atoms with Crippen LogP contribution in [-0.4, -0.2) is 23.7 Å². The lowest BCUT2D eigenvalue weighted by atomic mass is 10.1. The molecule has 0 aliphatic rings. The normalized spacial score (nSPS) is 12.2. The average Bonchev–Trinajstić information content (AvgIpc) is 2.30. The third-order valence-electron chi connectivity index (χ3n) is 2.75. The van der Waals surface area contributed by atoms with E-state index < -0.39 is 0 Å². The number of amides is 1. The van der Waals surface area contributed by atoms with Gasteiger partial charge in [-0.1, -0.05) is 28.1 Å². The summed E-state index contributed by atoms with van der Waals surface area (Å²) in [6.45, 7) is 4.29. The van der Waals surface area contributed by atoms with Gasteiger partial charge in [0.05, 0.1) is 6.10 Å². The van der Waals surface area contributed by atoms with Crippen molar-refractivity contribution in [2.45, 2.75) is 39.2 Å². The van der Waals surface area contributed by atoms with Crippen LogP contribution in [0.3, 0.4) is 0 Å². The van der Waals surface area contributed by atoms with Crippen LogP contribution in [-0.2, 0) is 11.2 Å². The fourth-order valence-corrected chi connectivity index (χ4v) is 1.88. The van der Waals surface area contributed by atoms with Crippen molar-refractivity contribution in [1.82, 2.24) is 5.32 Å². The predicted octanol–water partition coefficient (Wildman–Crippen LogP) is 2.58. The molecule has 100 valence electrons. The van der Waals surface area contributed by atoms with Crippen molar-refractivity contribution >= 4 is 21.8 Å². The largest absolute Gasteiger partial charge is 0.393 e. The predicted molar refractivity (Wildman–Crippen MR) is 76.5 cm³/mol. The lowest BCUT2D eigenvalue weighted by Crippen LogP contribution is -2.26. The second-order valence-electron chi connectivity index (χ2n) is 4.57. The zero-order valence-electron chi connectivity index (χ0n) is 10.9. The van der Waals surface area contributed by atoms with Crippen LogP contribution in [0.2, 0.25) is 0 Å². The highest BCUT2D eigenvalue weighted by molar-refractivity contribution is 9.10. The molecule has 2 N–H and O–H groups in total.